The summed E-state index contributed by atoms with van der Waals surface area (Å²) >= 11 is 0. The number of anilines is 1. The molecular formula is C12H20N4O. The van der Waals surface area contributed by atoms with Gasteiger partial charge >= 0.3 is 0 Å². The smallest absolute Gasteiger partial charge is 0.293 e. The average molecular weight is 236 g/mol. The second-order valence-corrected chi connectivity index (χ2v) is 4.26. The van der Waals surface area contributed by atoms with Gasteiger partial charge in [0.25, 0.3) is 5.56 Å². The van der Waals surface area contributed by atoms with Crippen molar-refractivity contribution in [2.75, 3.05) is 37.6 Å². The van der Waals surface area contributed by atoms with Crippen LogP contribution in [0.3, 0.4) is 0 Å². The van der Waals surface area contributed by atoms with Gasteiger partial charge in [0, 0.05) is 45.1 Å². The molecule has 1 aliphatic heterocycles. The summed E-state index contributed by atoms with van der Waals surface area (Å²) < 4.78 is 1.70. The van der Waals surface area contributed by atoms with Crippen molar-refractivity contribution in [1.82, 2.24) is 14.5 Å². The molecule has 0 aliphatic carbocycles. The maximum absolute atomic E-state index is 12.1. The van der Waals surface area contributed by atoms with E-state index in [2.05, 4.69) is 21.7 Å². The van der Waals surface area contributed by atoms with Crippen LogP contribution in [0.2, 0.25) is 0 Å². The van der Waals surface area contributed by atoms with E-state index >= 15 is 0 Å². The zero-order valence-electron chi connectivity index (χ0n) is 10.6. The van der Waals surface area contributed by atoms with E-state index in [1.807, 2.05) is 6.92 Å². The first-order valence-electron chi connectivity index (χ1n) is 6.29. The molecule has 0 unspecified atom stereocenters. The van der Waals surface area contributed by atoms with E-state index in [1.54, 1.807) is 17.0 Å². The van der Waals surface area contributed by atoms with Crippen molar-refractivity contribution in [2.24, 2.45) is 0 Å². The summed E-state index contributed by atoms with van der Waals surface area (Å²) in [6.07, 6.45) is 3.46. The summed E-state index contributed by atoms with van der Waals surface area (Å²) in [6.45, 7) is 9.73. The fourth-order valence-corrected chi connectivity index (χ4v) is 2.18. The molecule has 17 heavy (non-hydrogen) atoms. The number of aromatic nitrogens is 2. The molecule has 0 bridgehead atoms. The summed E-state index contributed by atoms with van der Waals surface area (Å²) in [5.74, 6) is 0.602. The minimum atomic E-state index is 0.0277. The molecule has 5 nitrogen and oxygen atoms in total. The fraction of sp³-hybridized carbons (Fsp3) is 0.667. The Labute approximate surface area is 102 Å². The molecule has 1 fully saturated rings. The van der Waals surface area contributed by atoms with Crippen LogP contribution in [0.25, 0.3) is 0 Å². The first kappa shape index (κ1) is 12.1. The van der Waals surface area contributed by atoms with Gasteiger partial charge in [0.1, 0.15) is 0 Å². The first-order chi connectivity index (χ1) is 8.26. The molecule has 1 aliphatic rings. The highest BCUT2D eigenvalue weighted by molar-refractivity contribution is 5.36. The van der Waals surface area contributed by atoms with Gasteiger partial charge in [-0.2, -0.15) is 0 Å². The Kier molecular flexibility index (Phi) is 3.78. The lowest BCUT2D eigenvalue weighted by atomic mass is 10.3. The topological polar surface area (TPSA) is 41.4 Å². The van der Waals surface area contributed by atoms with Crippen molar-refractivity contribution >= 4 is 5.82 Å². The first-order valence-corrected chi connectivity index (χ1v) is 6.29. The fourth-order valence-electron chi connectivity index (χ4n) is 2.18. The maximum atomic E-state index is 12.1. The summed E-state index contributed by atoms with van der Waals surface area (Å²) in [4.78, 5) is 20.8. The monoisotopic (exact) mass is 236 g/mol. The summed E-state index contributed by atoms with van der Waals surface area (Å²) in [5.41, 5.74) is 0.0277. The van der Waals surface area contributed by atoms with Gasteiger partial charge in [0.2, 0.25) is 0 Å². The normalized spacial score (nSPS) is 17.4. The molecule has 0 saturated carbocycles. The minimum absolute atomic E-state index is 0.0277. The third-order valence-electron chi connectivity index (χ3n) is 3.36. The van der Waals surface area contributed by atoms with Crippen molar-refractivity contribution in [3.8, 4) is 0 Å². The molecular weight excluding hydrogens is 216 g/mol. The van der Waals surface area contributed by atoms with Crippen molar-refractivity contribution < 1.29 is 0 Å². The summed E-state index contributed by atoms with van der Waals surface area (Å²) in [7, 11) is 0. The SMILES string of the molecule is CCN1CCN(c2nccn(CC)c2=O)CC1. The molecule has 0 amide bonds. The molecule has 2 rings (SSSR count). The molecule has 94 valence electrons. The second kappa shape index (κ2) is 5.31. The van der Waals surface area contributed by atoms with Crippen LogP contribution < -0.4 is 10.5 Å². The van der Waals surface area contributed by atoms with Gasteiger partial charge < -0.3 is 14.4 Å². The van der Waals surface area contributed by atoms with E-state index in [-0.39, 0.29) is 5.56 Å². The highest BCUT2D eigenvalue weighted by Gasteiger charge is 2.19. The van der Waals surface area contributed by atoms with E-state index < -0.39 is 0 Å². The number of nitrogens with zero attached hydrogens (tertiary/aromatic N) is 4. The van der Waals surface area contributed by atoms with Crippen LogP contribution in [-0.2, 0) is 6.54 Å². The van der Waals surface area contributed by atoms with E-state index in [0.29, 0.717) is 12.4 Å². The highest BCUT2D eigenvalue weighted by atomic mass is 16.1. The predicted octanol–water partition coefficient (Wildman–Crippen LogP) is 0.405. The van der Waals surface area contributed by atoms with Crippen LogP contribution in [-0.4, -0.2) is 47.2 Å². The molecule has 5 heteroatoms. The van der Waals surface area contributed by atoms with Gasteiger partial charge in [-0.05, 0) is 13.5 Å². The van der Waals surface area contributed by atoms with Crippen LogP contribution >= 0.6 is 0 Å². The van der Waals surface area contributed by atoms with E-state index in [1.165, 1.54) is 0 Å². The zero-order chi connectivity index (χ0) is 12.3. The van der Waals surface area contributed by atoms with Crippen LogP contribution in [0.5, 0.6) is 0 Å². The third kappa shape index (κ3) is 2.49. The van der Waals surface area contributed by atoms with Crippen molar-refractivity contribution in [3.63, 3.8) is 0 Å². The maximum Gasteiger partial charge on any atom is 0.293 e. The van der Waals surface area contributed by atoms with Gasteiger partial charge in [-0.1, -0.05) is 6.92 Å². The Morgan fingerprint density at radius 1 is 1.18 bits per heavy atom. The minimum Gasteiger partial charge on any atom is -0.349 e. The van der Waals surface area contributed by atoms with Crippen LogP contribution in [0.15, 0.2) is 17.2 Å². The highest BCUT2D eigenvalue weighted by Crippen LogP contribution is 2.08. The van der Waals surface area contributed by atoms with Gasteiger partial charge in [0.15, 0.2) is 5.82 Å². The van der Waals surface area contributed by atoms with E-state index in [0.717, 1.165) is 32.7 Å². The Morgan fingerprint density at radius 3 is 2.47 bits per heavy atom. The van der Waals surface area contributed by atoms with Crippen LogP contribution in [0, 0.1) is 0 Å². The predicted molar refractivity (Wildman–Crippen MR) is 68.5 cm³/mol. The standard InChI is InChI=1S/C12H20N4O/c1-3-14-7-9-16(10-8-14)11-12(17)15(4-2)6-5-13-11/h5-6H,3-4,7-10H2,1-2H3. The second-order valence-electron chi connectivity index (χ2n) is 4.26. The molecule has 0 aromatic carbocycles. The number of piperazine rings is 1. The number of likely N-dealkylation sites (N-methyl/N-ethyl adjacent to an activating group) is 1. The number of rotatable bonds is 3. The lowest BCUT2D eigenvalue weighted by Gasteiger charge is -2.34. The zero-order valence-corrected chi connectivity index (χ0v) is 10.6. The molecule has 1 aromatic rings. The molecule has 0 spiro atoms. The molecule has 0 radical (unpaired) electrons. The van der Waals surface area contributed by atoms with E-state index in [9.17, 15) is 4.79 Å². The van der Waals surface area contributed by atoms with Crippen molar-refractivity contribution in [1.29, 1.82) is 0 Å². The Hall–Kier alpha value is -1.36. The number of hydrogen-bond donors (Lipinski definition) is 0. The Morgan fingerprint density at radius 2 is 1.88 bits per heavy atom. The van der Waals surface area contributed by atoms with Crippen molar-refractivity contribution in [3.05, 3.63) is 22.7 Å². The quantitative estimate of drug-likeness (QED) is 0.762. The van der Waals surface area contributed by atoms with Gasteiger partial charge in [0.05, 0.1) is 0 Å². The van der Waals surface area contributed by atoms with Gasteiger partial charge in [-0.15, -0.1) is 0 Å². The number of aryl methyl sites for hydroxylation is 1. The van der Waals surface area contributed by atoms with Gasteiger partial charge in [-0.25, -0.2) is 4.98 Å². The van der Waals surface area contributed by atoms with Crippen LogP contribution in [0.1, 0.15) is 13.8 Å². The summed E-state index contributed by atoms with van der Waals surface area (Å²) in [6, 6.07) is 0. The van der Waals surface area contributed by atoms with Crippen molar-refractivity contribution in [2.45, 2.75) is 20.4 Å². The molecule has 2 heterocycles. The molecule has 0 atom stereocenters. The Balaban J connectivity index is 2.16. The average Bonchev–Trinajstić information content (AvgIpc) is 2.39. The summed E-state index contributed by atoms with van der Waals surface area (Å²) in [5, 5.41) is 0. The Bertz CT molecular complexity index is 421. The van der Waals surface area contributed by atoms with Gasteiger partial charge in [-0.3, -0.25) is 4.79 Å². The lowest BCUT2D eigenvalue weighted by Crippen LogP contribution is -2.48. The molecule has 0 N–H and O–H groups in total. The van der Waals surface area contributed by atoms with E-state index in [4.69, 9.17) is 0 Å². The number of hydrogen-bond acceptors (Lipinski definition) is 4. The third-order valence-corrected chi connectivity index (χ3v) is 3.36. The molecule has 1 aromatic heterocycles. The molecule has 1 saturated heterocycles. The largest absolute Gasteiger partial charge is 0.349 e. The lowest BCUT2D eigenvalue weighted by molar-refractivity contribution is 0.270. The van der Waals surface area contributed by atoms with Crippen LogP contribution in [0.4, 0.5) is 5.82 Å².